The Bertz CT molecular complexity index is 878. The van der Waals surface area contributed by atoms with E-state index in [-0.39, 0.29) is 12.5 Å². The van der Waals surface area contributed by atoms with Gasteiger partial charge in [-0.15, -0.1) is 0 Å². The van der Waals surface area contributed by atoms with Crippen molar-refractivity contribution < 1.29 is 14.3 Å². The van der Waals surface area contributed by atoms with Gasteiger partial charge in [0.05, 0.1) is 23.4 Å². The fourth-order valence-electron chi connectivity index (χ4n) is 3.18. The van der Waals surface area contributed by atoms with Gasteiger partial charge in [-0.2, -0.15) is 0 Å². The van der Waals surface area contributed by atoms with Crippen LogP contribution >= 0.6 is 0 Å². The van der Waals surface area contributed by atoms with E-state index < -0.39 is 5.97 Å². The van der Waals surface area contributed by atoms with E-state index >= 15 is 0 Å². The summed E-state index contributed by atoms with van der Waals surface area (Å²) in [4.78, 5) is 33.0. The summed E-state index contributed by atoms with van der Waals surface area (Å²) in [6.45, 7) is 2.77. The molecule has 1 aliphatic carbocycles. The summed E-state index contributed by atoms with van der Waals surface area (Å²) in [6.07, 6.45) is 11.2. The lowest BCUT2D eigenvalue weighted by Gasteiger charge is -2.13. The van der Waals surface area contributed by atoms with Crippen LogP contribution in [0.3, 0.4) is 0 Å². The SMILES string of the molecule is CCOC(=O)c1ccccc1NC(=O)c1cnc(NCCC2=CCCCC2)nc1. The fourth-order valence-corrected chi connectivity index (χ4v) is 3.18. The van der Waals surface area contributed by atoms with Crippen molar-refractivity contribution in [1.29, 1.82) is 0 Å². The second-order valence-electron chi connectivity index (χ2n) is 6.80. The summed E-state index contributed by atoms with van der Waals surface area (Å²) in [5.41, 5.74) is 2.49. The molecule has 1 heterocycles. The number of anilines is 2. The minimum Gasteiger partial charge on any atom is -0.462 e. The number of hydrogen-bond donors (Lipinski definition) is 2. The minimum absolute atomic E-state index is 0.265. The Hall–Kier alpha value is -3.22. The van der Waals surface area contributed by atoms with Crippen LogP contribution in [0.1, 0.15) is 59.7 Å². The first-order valence-corrected chi connectivity index (χ1v) is 9.98. The highest BCUT2D eigenvalue weighted by molar-refractivity contribution is 6.07. The van der Waals surface area contributed by atoms with Gasteiger partial charge in [0.15, 0.2) is 0 Å². The van der Waals surface area contributed by atoms with Crippen molar-refractivity contribution in [1.82, 2.24) is 9.97 Å². The van der Waals surface area contributed by atoms with E-state index in [1.54, 1.807) is 31.2 Å². The molecule has 0 unspecified atom stereocenters. The van der Waals surface area contributed by atoms with E-state index in [0.29, 0.717) is 22.8 Å². The second kappa shape index (κ2) is 10.4. The first-order chi connectivity index (χ1) is 14.2. The number of nitrogens with zero attached hydrogens (tertiary/aromatic N) is 2. The number of ether oxygens (including phenoxy) is 1. The molecule has 2 aromatic rings. The van der Waals surface area contributed by atoms with Gasteiger partial charge in [-0.05, 0) is 51.2 Å². The van der Waals surface area contributed by atoms with Crippen LogP contribution in [0.15, 0.2) is 48.3 Å². The van der Waals surface area contributed by atoms with Crippen LogP contribution in [0.25, 0.3) is 0 Å². The predicted octanol–water partition coefficient (Wildman–Crippen LogP) is 4.21. The zero-order valence-corrected chi connectivity index (χ0v) is 16.6. The quantitative estimate of drug-likeness (QED) is 0.515. The molecule has 7 heteroatoms. The Kier molecular flexibility index (Phi) is 7.33. The smallest absolute Gasteiger partial charge is 0.340 e. The van der Waals surface area contributed by atoms with Gasteiger partial charge in [-0.1, -0.05) is 23.8 Å². The van der Waals surface area contributed by atoms with Gasteiger partial charge in [-0.3, -0.25) is 4.79 Å². The molecule has 152 valence electrons. The summed E-state index contributed by atoms with van der Waals surface area (Å²) < 4.78 is 5.03. The third-order valence-corrected chi connectivity index (χ3v) is 4.70. The first-order valence-electron chi connectivity index (χ1n) is 9.98. The maximum absolute atomic E-state index is 12.5. The highest BCUT2D eigenvalue weighted by atomic mass is 16.5. The molecule has 0 bridgehead atoms. The van der Waals surface area contributed by atoms with Crippen molar-refractivity contribution in [2.45, 2.75) is 39.0 Å². The number of nitrogens with one attached hydrogen (secondary N) is 2. The lowest BCUT2D eigenvalue weighted by Crippen LogP contribution is -2.17. The molecule has 0 saturated heterocycles. The van der Waals surface area contributed by atoms with Crippen LogP contribution in [-0.2, 0) is 4.74 Å². The Morgan fingerprint density at radius 2 is 1.93 bits per heavy atom. The van der Waals surface area contributed by atoms with E-state index in [9.17, 15) is 9.59 Å². The molecule has 0 fully saturated rings. The number of benzene rings is 1. The third-order valence-electron chi connectivity index (χ3n) is 4.70. The van der Waals surface area contributed by atoms with Crippen molar-refractivity contribution in [3.05, 3.63) is 59.4 Å². The first kappa shape index (κ1) is 20.5. The molecule has 2 N–H and O–H groups in total. The summed E-state index contributed by atoms with van der Waals surface area (Å²) in [5.74, 6) is -0.377. The molecule has 0 aliphatic heterocycles. The summed E-state index contributed by atoms with van der Waals surface area (Å²) in [5, 5.41) is 5.91. The lowest BCUT2D eigenvalue weighted by atomic mass is 9.97. The zero-order valence-electron chi connectivity index (χ0n) is 16.6. The Labute approximate surface area is 170 Å². The monoisotopic (exact) mass is 394 g/mol. The maximum Gasteiger partial charge on any atom is 0.340 e. The molecule has 0 atom stereocenters. The third kappa shape index (κ3) is 5.88. The number of allylic oxidation sites excluding steroid dienone is 1. The van der Waals surface area contributed by atoms with Crippen LogP contribution in [-0.4, -0.2) is 35.0 Å². The molecule has 1 aromatic carbocycles. The highest BCUT2D eigenvalue weighted by Crippen LogP contribution is 2.20. The summed E-state index contributed by atoms with van der Waals surface area (Å²) >= 11 is 0. The number of amides is 1. The van der Waals surface area contributed by atoms with E-state index in [0.717, 1.165) is 13.0 Å². The second-order valence-corrected chi connectivity index (χ2v) is 6.80. The Balaban J connectivity index is 1.56. The molecule has 1 amide bonds. The molecule has 3 rings (SSSR count). The number of aromatic nitrogens is 2. The van der Waals surface area contributed by atoms with Crippen LogP contribution in [0.2, 0.25) is 0 Å². The van der Waals surface area contributed by atoms with Crippen LogP contribution in [0, 0.1) is 0 Å². The van der Waals surface area contributed by atoms with E-state index in [4.69, 9.17) is 4.74 Å². The average Bonchev–Trinajstić information content (AvgIpc) is 2.75. The van der Waals surface area contributed by atoms with Crippen molar-refractivity contribution in [2.75, 3.05) is 23.8 Å². The van der Waals surface area contributed by atoms with Crippen molar-refractivity contribution in [3.8, 4) is 0 Å². The largest absolute Gasteiger partial charge is 0.462 e. The molecule has 1 aliphatic rings. The van der Waals surface area contributed by atoms with Crippen molar-refractivity contribution in [2.24, 2.45) is 0 Å². The molecule has 0 radical (unpaired) electrons. The average molecular weight is 394 g/mol. The van der Waals surface area contributed by atoms with Gasteiger partial charge in [0, 0.05) is 18.9 Å². The lowest BCUT2D eigenvalue weighted by molar-refractivity contribution is 0.0527. The van der Waals surface area contributed by atoms with Crippen molar-refractivity contribution >= 4 is 23.5 Å². The van der Waals surface area contributed by atoms with E-state index in [1.807, 2.05) is 0 Å². The number of carbonyl (C=O) groups excluding carboxylic acids is 2. The van der Waals surface area contributed by atoms with Gasteiger partial charge in [0.2, 0.25) is 5.95 Å². The number of hydrogen-bond acceptors (Lipinski definition) is 6. The number of para-hydroxylation sites is 1. The molecule has 0 spiro atoms. The normalized spacial score (nSPS) is 13.3. The zero-order chi connectivity index (χ0) is 20.5. The maximum atomic E-state index is 12.5. The van der Waals surface area contributed by atoms with E-state index in [1.165, 1.54) is 43.7 Å². The standard InChI is InChI=1S/C22H26N4O3/c1-2-29-21(28)18-10-6-7-11-19(18)26-20(27)17-14-24-22(25-15-17)23-13-12-16-8-4-3-5-9-16/h6-8,10-11,14-15H,2-5,9,12-13H2,1H3,(H,26,27)(H,23,24,25). The van der Waals surface area contributed by atoms with Gasteiger partial charge >= 0.3 is 5.97 Å². The summed E-state index contributed by atoms with van der Waals surface area (Å²) in [6, 6.07) is 6.72. The van der Waals surface area contributed by atoms with Crippen LogP contribution in [0.5, 0.6) is 0 Å². The van der Waals surface area contributed by atoms with Crippen LogP contribution in [0.4, 0.5) is 11.6 Å². The molecule has 1 aromatic heterocycles. The Morgan fingerprint density at radius 3 is 2.66 bits per heavy atom. The predicted molar refractivity (Wildman–Crippen MR) is 112 cm³/mol. The van der Waals surface area contributed by atoms with Gasteiger partial charge in [-0.25, -0.2) is 14.8 Å². The van der Waals surface area contributed by atoms with Gasteiger partial charge in [0.1, 0.15) is 0 Å². The molecule has 7 nitrogen and oxygen atoms in total. The highest BCUT2D eigenvalue weighted by Gasteiger charge is 2.15. The molecule has 29 heavy (non-hydrogen) atoms. The number of carbonyl (C=O) groups is 2. The number of esters is 1. The topological polar surface area (TPSA) is 93.2 Å². The molecule has 0 saturated carbocycles. The molecular formula is C22H26N4O3. The summed E-state index contributed by atoms with van der Waals surface area (Å²) in [7, 11) is 0. The fraction of sp³-hybridized carbons (Fsp3) is 0.364. The number of rotatable bonds is 8. The van der Waals surface area contributed by atoms with E-state index in [2.05, 4.69) is 26.7 Å². The van der Waals surface area contributed by atoms with Gasteiger partial charge in [0.25, 0.3) is 5.91 Å². The molecular weight excluding hydrogens is 368 g/mol. The van der Waals surface area contributed by atoms with Gasteiger partial charge < -0.3 is 15.4 Å². The van der Waals surface area contributed by atoms with Crippen molar-refractivity contribution in [3.63, 3.8) is 0 Å². The minimum atomic E-state index is -0.479. The van der Waals surface area contributed by atoms with Crippen LogP contribution < -0.4 is 10.6 Å². The Morgan fingerprint density at radius 1 is 1.14 bits per heavy atom.